The summed E-state index contributed by atoms with van der Waals surface area (Å²) in [6.45, 7) is 7.40. The molecule has 2 heterocycles. The Bertz CT molecular complexity index is 990. The number of anilines is 1. The highest BCUT2D eigenvalue weighted by Crippen LogP contribution is 2.52. The Morgan fingerprint density at radius 1 is 1.32 bits per heavy atom. The third-order valence-electron chi connectivity index (χ3n) is 6.48. The van der Waals surface area contributed by atoms with Gasteiger partial charge in [0.05, 0.1) is 18.8 Å². The van der Waals surface area contributed by atoms with Gasteiger partial charge < -0.3 is 14.6 Å². The van der Waals surface area contributed by atoms with E-state index in [4.69, 9.17) is 6.42 Å². The Morgan fingerprint density at radius 2 is 2.03 bits per heavy atom. The van der Waals surface area contributed by atoms with Gasteiger partial charge in [0.15, 0.2) is 5.82 Å². The summed E-state index contributed by atoms with van der Waals surface area (Å²) in [5.41, 5.74) is 3.56. The standard InChI is InChI=1S/C24H30N4O2S/c1-5-18-15-25-22(20(16-29)26-18)28-12-10-24(11-13-28)14-17-8-6-7-9-19(17)21(24)27-31(30)23(2,3)4/h1,6-9,15,21,27,29H,10-14,16H2,2-4H3/t21-,31?/m1/s1. The molecule has 6 nitrogen and oxygen atoms in total. The number of hydrogen-bond acceptors (Lipinski definition) is 6. The highest BCUT2D eigenvalue weighted by molar-refractivity contribution is 7.90. The summed E-state index contributed by atoms with van der Waals surface area (Å²) in [6.07, 6.45) is 9.86. The van der Waals surface area contributed by atoms with Crippen molar-refractivity contribution in [1.82, 2.24) is 14.7 Å². The molecule has 4 rings (SSSR count). The number of nitrogens with zero attached hydrogens (tertiary/aromatic N) is 3. The quantitative estimate of drug-likeness (QED) is 0.564. The van der Waals surface area contributed by atoms with E-state index >= 15 is 0 Å². The maximum absolute atomic E-state index is 13.0. The summed E-state index contributed by atoms with van der Waals surface area (Å²) >= 11 is -1.15. The van der Waals surface area contributed by atoms with E-state index in [9.17, 15) is 9.66 Å². The summed E-state index contributed by atoms with van der Waals surface area (Å²) in [5, 5.41) is 9.77. The lowest BCUT2D eigenvalue weighted by Gasteiger charge is -2.44. The zero-order valence-corrected chi connectivity index (χ0v) is 19.2. The van der Waals surface area contributed by atoms with Crippen LogP contribution in [0.2, 0.25) is 0 Å². The largest absolute Gasteiger partial charge is 0.598 e. The molecule has 1 aromatic carbocycles. The number of aromatic nitrogens is 2. The third-order valence-corrected chi connectivity index (χ3v) is 8.04. The molecule has 1 saturated heterocycles. The monoisotopic (exact) mass is 438 g/mol. The number of aliphatic hydroxyl groups is 1. The molecule has 1 aliphatic heterocycles. The lowest BCUT2D eigenvalue weighted by atomic mass is 9.73. The first-order chi connectivity index (χ1) is 14.8. The number of aliphatic hydroxyl groups excluding tert-OH is 1. The van der Waals surface area contributed by atoms with E-state index in [-0.39, 0.29) is 22.8 Å². The molecule has 2 atom stereocenters. The van der Waals surface area contributed by atoms with Crippen molar-refractivity contribution in [2.24, 2.45) is 5.41 Å². The zero-order chi connectivity index (χ0) is 22.2. The predicted molar refractivity (Wildman–Crippen MR) is 124 cm³/mol. The van der Waals surface area contributed by atoms with Gasteiger partial charge in [0.1, 0.15) is 16.1 Å². The second kappa shape index (κ2) is 8.44. The van der Waals surface area contributed by atoms with E-state index in [1.807, 2.05) is 20.8 Å². The molecule has 2 N–H and O–H groups in total. The van der Waals surface area contributed by atoms with Crippen molar-refractivity contribution < 1.29 is 9.66 Å². The van der Waals surface area contributed by atoms with Crippen LogP contribution in [0.4, 0.5) is 5.82 Å². The van der Waals surface area contributed by atoms with Gasteiger partial charge in [0.2, 0.25) is 0 Å². The van der Waals surface area contributed by atoms with Crippen LogP contribution in [-0.2, 0) is 24.4 Å². The average molecular weight is 439 g/mol. The van der Waals surface area contributed by atoms with E-state index < -0.39 is 11.4 Å². The molecule has 1 aromatic heterocycles. The van der Waals surface area contributed by atoms with Crippen LogP contribution in [0.15, 0.2) is 30.5 Å². The molecule has 0 amide bonds. The fourth-order valence-electron chi connectivity index (χ4n) is 4.75. The lowest BCUT2D eigenvalue weighted by Crippen LogP contribution is -2.50. The van der Waals surface area contributed by atoms with E-state index in [1.54, 1.807) is 6.20 Å². The summed E-state index contributed by atoms with van der Waals surface area (Å²) in [5.74, 6) is 3.18. The minimum absolute atomic E-state index is 0.00661. The van der Waals surface area contributed by atoms with E-state index in [0.29, 0.717) is 17.2 Å². The smallest absolute Gasteiger partial charge is 0.152 e. The molecule has 1 fully saturated rings. The van der Waals surface area contributed by atoms with Gasteiger partial charge in [-0.25, -0.2) is 9.97 Å². The number of nitrogens with one attached hydrogen (secondary N) is 1. The maximum Gasteiger partial charge on any atom is 0.152 e. The van der Waals surface area contributed by atoms with Crippen molar-refractivity contribution in [3.63, 3.8) is 0 Å². The Labute approximate surface area is 187 Å². The van der Waals surface area contributed by atoms with Gasteiger partial charge in [0.25, 0.3) is 0 Å². The van der Waals surface area contributed by atoms with Crippen LogP contribution in [-0.4, -0.2) is 37.5 Å². The van der Waals surface area contributed by atoms with Gasteiger partial charge in [-0.3, -0.25) is 0 Å². The first-order valence-corrected chi connectivity index (χ1v) is 11.9. The van der Waals surface area contributed by atoms with Crippen LogP contribution in [0.5, 0.6) is 0 Å². The van der Waals surface area contributed by atoms with Gasteiger partial charge in [-0.1, -0.05) is 24.3 Å². The summed E-state index contributed by atoms with van der Waals surface area (Å²) in [7, 11) is 0. The van der Waals surface area contributed by atoms with Crippen LogP contribution in [0.1, 0.15) is 62.2 Å². The molecule has 164 valence electrons. The van der Waals surface area contributed by atoms with E-state index in [1.165, 1.54) is 11.1 Å². The Balaban J connectivity index is 1.58. The van der Waals surface area contributed by atoms with Crippen molar-refractivity contribution >= 4 is 17.2 Å². The Hall–Kier alpha value is -2.11. The molecule has 7 heteroatoms. The van der Waals surface area contributed by atoms with Crippen molar-refractivity contribution in [2.45, 2.75) is 57.4 Å². The van der Waals surface area contributed by atoms with Crippen LogP contribution >= 0.6 is 0 Å². The number of benzene rings is 1. The molecule has 0 saturated carbocycles. The van der Waals surface area contributed by atoms with Crippen LogP contribution in [0.3, 0.4) is 0 Å². The number of terminal acetylenes is 1. The lowest BCUT2D eigenvalue weighted by molar-refractivity contribution is 0.175. The SMILES string of the molecule is C#Cc1cnc(N2CCC3(CC2)Cc2ccccc2[C@H]3N[S+]([O-])C(C)(C)C)c(CO)n1. The molecule has 0 radical (unpaired) electrons. The van der Waals surface area contributed by atoms with Crippen molar-refractivity contribution in [1.29, 1.82) is 0 Å². The summed E-state index contributed by atoms with van der Waals surface area (Å²) < 4.78 is 16.2. The first-order valence-electron chi connectivity index (χ1n) is 10.7. The van der Waals surface area contributed by atoms with Crippen LogP contribution in [0, 0.1) is 17.8 Å². The van der Waals surface area contributed by atoms with Gasteiger partial charge >= 0.3 is 0 Å². The molecule has 2 aliphatic rings. The molecule has 0 bridgehead atoms. The molecule has 31 heavy (non-hydrogen) atoms. The number of rotatable bonds is 4. The molecule has 2 aromatic rings. The van der Waals surface area contributed by atoms with Gasteiger partial charge in [-0.2, -0.15) is 0 Å². The third kappa shape index (κ3) is 4.18. The maximum atomic E-state index is 13.0. The number of piperidine rings is 1. The molecule has 1 aliphatic carbocycles. The van der Waals surface area contributed by atoms with Crippen LogP contribution < -0.4 is 9.62 Å². The highest BCUT2D eigenvalue weighted by atomic mass is 32.2. The second-order valence-electron chi connectivity index (χ2n) is 9.48. The second-order valence-corrected chi connectivity index (χ2v) is 11.5. The molecule has 1 spiro atoms. The zero-order valence-electron chi connectivity index (χ0n) is 18.4. The molecular formula is C24H30N4O2S. The van der Waals surface area contributed by atoms with Crippen LogP contribution in [0.25, 0.3) is 0 Å². The number of fused-ring (bicyclic) bond motifs is 1. The van der Waals surface area contributed by atoms with E-state index in [0.717, 1.165) is 32.4 Å². The van der Waals surface area contributed by atoms with Crippen molar-refractivity contribution in [3.8, 4) is 12.3 Å². The van der Waals surface area contributed by atoms with Crippen molar-refractivity contribution in [3.05, 3.63) is 53.0 Å². The predicted octanol–water partition coefficient (Wildman–Crippen LogP) is 2.89. The summed E-state index contributed by atoms with van der Waals surface area (Å²) in [4.78, 5) is 11.0. The summed E-state index contributed by atoms with van der Waals surface area (Å²) in [6, 6.07) is 8.57. The minimum atomic E-state index is -1.15. The van der Waals surface area contributed by atoms with E-state index in [2.05, 4.69) is 49.8 Å². The minimum Gasteiger partial charge on any atom is -0.598 e. The van der Waals surface area contributed by atoms with Crippen molar-refractivity contribution in [2.75, 3.05) is 18.0 Å². The topological polar surface area (TPSA) is 84.3 Å². The fourth-order valence-corrected chi connectivity index (χ4v) is 5.70. The average Bonchev–Trinajstić information content (AvgIpc) is 3.06. The molecular weight excluding hydrogens is 408 g/mol. The molecule has 1 unspecified atom stereocenters. The normalized spacial score (nSPS) is 21.0. The van der Waals surface area contributed by atoms with Gasteiger partial charge in [-0.05, 0) is 57.1 Å². The number of hydrogen-bond donors (Lipinski definition) is 2. The Kier molecular flexibility index (Phi) is 6.01. The Morgan fingerprint density at radius 3 is 2.68 bits per heavy atom. The van der Waals surface area contributed by atoms with Gasteiger partial charge in [-0.15, -0.1) is 11.1 Å². The first kappa shape index (κ1) is 22.1. The fraction of sp³-hybridized carbons (Fsp3) is 0.500. The van der Waals surface area contributed by atoms with Gasteiger partial charge in [0, 0.05) is 29.9 Å². The highest BCUT2D eigenvalue weighted by Gasteiger charge is 2.50.